The molecule has 2 aliphatic heterocycles. The first-order valence-electron chi connectivity index (χ1n) is 15.0. The second-order valence-corrected chi connectivity index (χ2v) is 12.2. The number of fused-ring (bicyclic) bond motifs is 1. The lowest BCUT2D eigenvalue weighted by Gasteiger charge is -2.27. The van der Waals surface area contributed by atoms with Crippen LogP contribution in [0.2, 0.25) is 5.02 Å². The molecular formula is C35H32ClN3O6S. The van der Waals surface area contributed by atoms with E-state index in [1.807, 2.05) is 47.4 Å². The molecule has 3 aromatic carbocycles. The van der Waals surface area contributed by atoms with Crippen molar-refractivity contribution in [1.82, 2.24) is 9.47 Å². The number of thiazole rings is 1. The lowest BCUT2D eigenvalue weighted by Crippen LogP contribution is -2.40. The summed E-state index contributed by atoms with van der Waals surface area (Å²) < 4.78 is 18.9. The highest BCUT2D eigenvalue weighted by Gasteiger charge is 2.37. The lowest BCUT2D eigenvalue weighted by molar-refractivity contribution is -0.139. The van der Waals surface area contributed by atoms with Gasteiger partial charge in [0.2, 0.25) is 0 Å². The summed E-state index contributed by atoms with van der Waals surface area (Å²) in [7, 11) is 1.53. The summed E-state index contributed by atoms with van der Waals surface area (Å²) in [6.45, 7) is 3.40. The van der Waals surface area contributed by atoms with Gasteiger partial charge in [0.25, 0.3) is 11.5 Å². The summed E-state index contributed by atoms with van der Waals surface area (Å²) in [6.07, 6.45) is 3.82. The van der Waals surface area contributed by atoms with E-state index in [-0.39, 0.29) is 30.3 Å². The van der Waals surface area contributed by atoms with Crippen molar-refractivity contribution in [2.75, 3.05) is 33.4 Å². The number of hydrogen-bond acceptors (Lipinski definition) is 8. The smallest absolute Gasteiger partial charge is 0.338 e. The largest absolute Gasteiger partial charge is 0.496 e. The summed E-state index contributed by atoms with van der Waals surface area (Å²) in [5.41, 5.74) is 2.27. The molecule has 0 aliphatic carbocycles. The maximum Gasteiger partial charge on any atom is 0.338 e. The fourth-order valence-electron chi connectivity index (χ4n) is 5.67. The minimum absolute atomic E-state index is 0.0164. The predicted molar refractivity (Wildman–Crippen MR) is 177 cm³/mol. The van der Waals surface area contributed by atoms with Gasteiger partial charge in [-0.25, -0.2) is 9.79 Å². The highest BCUT2D eigenvalue weighted by molar-refractivity contribution is 7.07. The van der Waals surface area contributed by atoms with E-state index >= 15 is 0 Å². The number of likely N-dealkylation sites (tertiary alicyclic amines) is 1. The van der Waals surface area contributed by atoms with Gasteiger partial charge in [0.1, 0.15) is 17.5 Å². The maximum atomic E-state index is 14.2. The quantitative estimate of drug-likeness (QED) is 0.244. The van der Waals surface area contributed by atoms with Gasteiger partial charge in [-0.3, -0.25) is 14.2 Å². The Morgan fingerprint density at radius 1 is 1.04 bits per heavy atom. The molecule has 0 unspecified atom stereocenters. The number of methoxy groups -OCH3 is 1. The van der Waals surface area contributed by atoms with E-state index in [2.05, 4.69) is 0 Å². The van der Waals surface area contributed by atoms with Gasteiger partial charge < -0.3 is 19.1 Å². The number of ether oxygens (including phenoxy) is 3. The molecule has 46 heavy (non-hydrogen) atoms. The maximum absolute atomic E-state index is 14.2. The van der Waals surface area contributed by atoms with Crippen LogP contribution in [-0.2, 0) is 14.3 Å². The third kappa shape index (κ3) is 6.36. The zero-order valence-electron chi connectivity index (χ0n) is 25.4. The van der Waals surface area contributed by atoms with Crippen LogP contribution in [0.1, 0.15) is 42.5 Å². The minimum Gasteiger partial charge on any atom is -0.496 e. The minimum atomic E-state index is -0.926. The average molecular weight is 658 g/mol. The number of rotatable bonds is 9. The molecular weight excluding hydrogens is 626 g/mol. The number of carbonyl (C=O) groups excluding carboxylic acids is 2. The zero-order chi connectivity index (χ0) is 32.2. The van der Waals surface area contributed by atoms with Gasteiger partial charge in [-0.05, 0) is 61.7 Å². The molecule has 6 rings (SSSR count). The number of benzene rings is 3. The monoisotopic (exact) mass is 657 g/mol. The first-order chi connectivity index (χ1) is 22.4. The topological polar surface area (TPSA) is 99.4 Å². The van der Waals surface area contributed by atoms with Crippen LogP contribution < -0.4 is 24.4 Å². The van der Waals surface area contributed by atoms with E-state index in [4.69, 9.17) is 30.8 Å². The van der Waals surface area contributed by atoms with Crippen LogP contribution in [0.5, 0.6) is 11.5 Å². The van der Waals surface area contributed by atoms with Crippen LogP contribution in [0.15, 0.2) is 88.2 Å². The summed E-state index contributed by atoms with van der Waals surface area (Å²) in [5.74, 6) is 0.403. The second-order valence-electron chi connectivity index (χ2n) is 10.8. The van der Waals surface area contributed by atoms with Crippen LogP contribution in [0, 0.1) is 0 Å². The predicted octanol–water partition coefficient (Wildman–Crippen LogP) is 4.60. The van der Waals surface area contributed by atoms with E-state index < -0.39 is 12.0 Å². The molecule has 2 aliphatic rings. The average Bonchev–Trinajstić information content (AvgIpc) is 3.72. The Bertz CT molecular complexity index is 1980. The Labute approximate surface area is 274 Å². The number of carbonyl (C=O) groups is 2. The van der Waals surface area contributed by atoms with Crippen molar-refractivity contribution in [3.63, 3.8) is 0 Å². The lowest BCUT2D eigenvalue weighted by atomic mass is 9.92. The molecule has 0 N–H and O–H groups in total. The first-order valence-corrected chi connectivity index (χ1v) is 16.2. The van der Waals surface area contributed by atoms with Crippen molar-refractivity contribution in [3.8, 4) is 11.5 Å². The summed E-state index contributed by atoms with van der Waals surface area (Å²) in [5, 5.41) is 0.420. The molecule has 0 radical (unpaired) electrons. The van der Waals surface area contributed by atoms with Crippen LogP contribution in [0.3, 0.4) is 0 Å². The highest BCUT2D eigenvalue weighted by Crippen LogP contribution is 2.39. The van der Waals surface area contributed by atoms with E-state index in [0.29, 0.717) is 42.7 Å². The van der Waals surface area contributed by atoms with Crippen LogP contribution in [-0.4, -0.2) is 54.8 Å². The Morgan fingerprint density at radius 2 is 1.78 bits per heavy atom. The molecule has 3 heterocycles. The molecule has 11 heteroatoms. The summed E-state index contributed by atoms with van der Waals surface area (Å²) >= 11 is 7.68. The van der Waals surface area contributed by atoms with Crippen molar-refractivity contribution in [2.24, 2.45) is 4.99 Å². The van der Waals surface area contributed by atoms with Gasteiger partial charge in [0, 0.05) is 29.2 Å². The number of nitrogens with zero attached hydrogens (tertiary/aromatic N) is 3. The molecule has 9 nitrogen and oxygen atoms in total. The number of hydrogen-bond donors (Lipinski definition) is 0. The van der Waals surface area contributed by atoms with Gasteiger partial charge in [-0.2, -0.15) is 0 Å². The van der Waals surface area contributed by atoms with E-state index in [1.165, 1.54) is 23.0 Å². The van der Waals surface area contributed by atoms with Crippen LogP contribution in [0.4, 0.5) is 0 Å². The molecule has 1 fully saturated rings. The molecule has 1 atom stereocenters. The molecule has 236 valence electrons. The van der Waals surface area contributed by atoms with Gasteiger partial charge in [-0.1, -0.05) is 65.4 Å². The third-order valence-corrected chi connectivity index (χ3v) is 9.08. The Morgan fingerprint density at radius 3 is 2.48 bits per heavy atom. The van der Waals surface area contributed by atoms with Crippen molar-refractivity contribution in [2.45, 2.75) is 25.8 Å². The van der Waals surface area contributed by atoms with E-state index in [1.54, 1.807) is 43.3 Å². The molecule has 0 bridgehead atoms. The van der Waals surface area contributed by atoms with E-state index in [0.717, 1.165) is 31.5 Å². The normalized spacial score (nSPS) is 16.2. The highest BCUT2D eigenvalue weighted by atomic mass is 35.5. The Hall–Kier alpha value is -4.67. The molecule has 1 aromatic heterocycles. The molecule has 0 spiro atoms. The van der Waals surface area contributed by atoms with Crippen molar-refractivity contribution >= 4 is 46.6 Å². The van der Waals surface area contributed by atoms with Crippen molar-refractivity contribution < 1.29 is 23.8 Å². The van der Waals surface area contributed by atoms with Crippen LogP contribution >= 0.6 is 22.9 Å². The van der Waals surface area contributed by atoms with Gasteiger partial charge >= 0.3 is 5.97 Å². The van der Waals surface area contributed by atoms with Crippen molar-refractivity contribution in [3.05, 3.63) is 120 Å². The Balaban J connectivity index is 1.45. The summed E-state index contributed by atoms with van der Waals surface area (Å²) in [6, 6.07) is 20.7. The summed E-state index contributed by atoms with van der Waals surface area (Å²) in [4.78, 5) is 47.4. The van der Waals surface area contributed by atoms with Crippen molar-refractivity contribution in [1.29, 1.82) is 0 Å². The molecule has 1 saturated heterocycles. The van der Waals surface area contributed by atoms with Gasteiger partial charge in [-0.15, -0.1) is 0 Å². The van der Waals surface area contributed by atoms with E-state index in [9.17, 15) is 14.4 Å². The van der Waals surface area contributed by atoms with Gasteiger partial charge in [0.15, 0.2) is 11.4 Å². The molecule has 4 aromatic rings. The number of esters is 1. The molecule has 0 saturated carbocycles. The molecule has 1 amide bonds. The SMILES string of the molecule is CCOC(=O)C1=C(c2ccccc2)N=c2s/c(=C\c3ccc(OCC(=O)N4CCCC4)cc3)c(=O)n2[C@H]1c1cc(Cl)ccc1OC. The second kappa shape index (κ2) is 13.8. The number of halogens is 1. The third-order valence-electron chi connectivity index (χ3n) is 7.86. The fourth-order valence-corrected chi connectivity index (χ4v) is 6.85. The standard InChI is InChI=1S/C35H32ClN3O6S/c1-3-44-34(42)30-31(23-9-5-4-6-10-23)37-35-39(32(30)26-20-24(36)13-16-27(26)43-2)33(41)28(46-35)19-22-11-14-25(15-12-22)45-21-29(40)38-17-7-8-18-38/h4-6,9-16,19-20,32H,3,7-8,17-18,21H2,1-2H3/b28-19-/t32-/m0/s1. The zero-order valence-corrected chi connectivity index (χ0v) is 27.0. The first kappa shape index (κ1) is 31.3. The number of amides is 1. The van der Waals surface area contributed by atoms with Crippen LogP contribution in [0.25, 0.3) is 11.8 Å². The van der Waals surface area contributed by atoms with Gasteiger partial charge in [0.05, 0.1) is 29.5 Å². The Kier molecular flexibility index (Phi) is 9.37. The fraction of sp³-hybridized carbons (Fsp3) is 0.257. The number of aromatic nitrogens is 1.